The molecule has 0 aromatic heterocycles. The van der Waals surface area contributed by atoms with Gasteiger partial charge in [0.15, 0.2) is 0 Å². The molecule has 0 heterocycles. The van der Waals surface area contributed by atoms with Crippen LogP contribution < -0.4 is 11.3 Å². The summed E-state index contributed by atoms with van der Waals surface area (Å²) in [4.78, 5) is 0. The van der Waals surface area contributed by atoms with Crippen molar-refractivity contribution >= 4 is 0 Å². The first kappa shape index (κ1) is 16.2. The highest BCUT2D eigenvalue weighted by molar-refractivity contribution is 5.22. The van der Waals surface area contributed by atoms with Gasteiger partial charge < -0.3 is 0 Å². The normalized spacial score (nSPS) is 15.3. The SMILES string of the molecule is Cc1ccc(CC(CC(C)CC(C)(C)C)NN)cc1. The molecule has 0 aliphatic rings. The first-order valence-corrected chi connectivity index (χ1v) is 7.32. The molecule has 3 N–H and O–H groups in total. The monoisotopic (exact) mass is 262 g/mol. The zero-order valence-corrected chi connectivity index (χ0v) is 13.2. The minimum atomic E-state index is 0.361. The highest BCUT2D eigenvalue weighted by Crippen LogP contribution is 2.27. The number of hydrogen-bond donors (Lipinski definition) is 2. The largest absolute Gasteiger partial charge is 0.271 e. The molecule has 0 saturated carbocycles. The fourth-order valence-electron chi connectivity index (χ4n) is 2.83. The smallest absolute Gasteiger partial charge is 0.0253 e. The molecule has 0 saturated heterocycles. The molecule has 0 spiro atoms. The minimum Gasteiger partial charge on any atom is -0.271 e. The van der Waals surface area contributed by atoms with Gasteiger partial charge in [-0.25, -0.2) is 0 Å². The summed E-state index contributed by atoms with van der Waals surface area (Å²) in [6, 6.07) is 9.10. The molecule has 0 radical (unpaired) electrons. The average molecular weight is 262 g/mol. The molecule has 108 valence electrons. The molecule has 0 bridgehead atoms. The number of hydrogen-bond acceptors (Lipinski definition) is 2. The molecule has 1 rings (SSSR count). The van der Waals surface area contributed by atoms with Crippen LogP contribution in [0.1, 0.15) is 51.7 Å². The average Bonchev–Trinajstić information content (AvgIpc) is 2.28. The predicted molar refractivity (Wildman–Crippen MR) is 83.8 cm³/mol. The highest BCUT2D eigenvalue weighted by atomic mass is 15.2. The Kier molecular flexibility index (Phi) is 6.02. The van der Waals surface area contributed by atoms with Crippen LogP contribution in [0.2, 0.25) is 0 Å². The summed E-state index contributed by atoms with van der Waals surface area (Å²) in [5.74, 6) is 6.40. The Morgan fingerprint density at radius 2 is 1.74 bits per heavy atom. The molecular weight excluding hydrogens is 232 g/mol. The second kappa shape index (κ2) is 7.06. The van der Waals surface area contributed by atoms with Crippen molar-refractivity contribution < 1.29 is 0 Å². The number of rotatable bonds is 6. The van der Waals surface area contributed by atoms with E-state index in [4.69, 9.17) is 5.84 Å². The van der Waals surface area contributed by atoms with Gasteiger partial charge in [0.1, 0.15) is 0 Å². The van der Waals surface area contributed by atoms with Crippen molar-refractivity contribution in [1.82, 2.24) is 5.43 Å². The zero-order chi connectivity index (χ0) is 14.5. The Morgan fingerprint density at radius 3 is 2.21 bits per heavy atom. The Labute approximate surface area is 118 Å². The molecule has 2 nitrogen and oxygen atoms in total. The molecule has 0 fully saturated rings. The van der Waals surface area contributed by atoms with Gasteiger partial charge in [-0.05, 0) is 43.1 Å². The fourth-order valence-corrected chi connectivity index (χ4v) is 2.83. The number of benzene rings is 1. The van der Waals surface area contributed by atoms with Crippen LogP contribution >= 0.6 is 0 Å². The molecule has 2 heteroatoms. The van der Waals surface area contributed by atoms with Crippen LogP contribution in [0.15, 0.2) is 24.3 Å². The molecule has 1 aromatic rings. The van der Waals surface area contributed by atoms with E-state index in [1.54, 1.807) is 0 Å². The molecule has 2 atom stereocenters. The quantitative estimate of drug-likeness (QED) is 0.604. The highest BCUT2D eigenvalue weighted by Gasteiger charge is 2.18. The van der Waals surface area contributed by atoms with Crippen molar-refractivity contribution in [3.8, 4) is 0 Å². The van der Waals surface area contributed by atoms with E-state index in [2.05, 4.69) is 64.3 Å². The van der Waals surface area contributed by atoms with Gasteiger partial charge in [0, 0.05) is 6.04 Å². The van der Waals surface area contributed by atoms with Gasteiger partial charge in [-0.2, -0.15) is 0 Å². The summed E-state index contributed by atoms with van der Waals surface area (Å²) < 4.78 is 0. The molecule has 0 aliphatic carbocycles. The van der Waals surface area contributed by atoms with Gasteiger partial charge in [-0.15, -0.1) is 0 Å². The third kappa shape index (κ3) is 6.74. The topological polar surface area (TPSA) is 38.0 Å². The second-order valence-corrected chi connectivity index (χ2v) is 7.16. The lowest BCUT2D eigenvalue weighted by Crippen LogP contribution is -2.38. The first-order chi connectivity index (χ1) is 8.80. The van der Waals surface area contributed by atoms with Crippen molar-refractivity contribution in [3.63, 3.8) is 0 Å². The Bertz CT molecular complexity index is 362. The molecule has 0 aliphatic heterocycles. The summed E-state index contributed by atoms with van der Waals surface area (Å²) in [5.41, 5.74) is 6.04. The zero-order valence-electron chi connectivity index (χ0n) is 13.2. The number of aryl methyl sites for hydroxylation is 1. The third-order valence-corrected chi connectivity index (χ3v) is 3.49. The third-order valence-electron chi connectivity index (χ3n) is 3.49. The van der Waals surface area contributed by atoms with Crippen molar-refractivity contribution in [1.29, 1.82) is 0 Å². The van der Waals surface area contributed by atoms with E-state index in [1.807, 2.05) is 0 Å². The van der Waals surface area contributed by atoms with Crippen molar-refractivity contribution in [2.75, 3.05) is 0 Å². The van der Waals surface area contributed by atoms with E-state index in [1.165, 1.54) is 17.5 Å². The minimum absolute atomic E-state index is 0.361. The summed E-state index contributed by atoms with van der Waals surface area (Å²) >= 11 is 0. The molecule has 0 amide bonds. The molecule has 19 heavy (non-hydrogen) atoms. The summed E-state index contributed by atoms with van der Waals surface area (Å²) in [7, 11) is 0. The van der Waals surface area contributed by atoms with Gasteiger partial charge in [-0.3, -0.25) is 11.3 Å². The summed E-state index contributed by atoms with van der Waals surface area (Å²) in [5, 5.41) is 0. The van der Waals surface area contributed by atoms with Crippen LogP contribution in [-0.2, 0) is 6.42 Å². The van der Waals surface area contributed by atoms with Crippen LogP contribution in [0.5, 0.6) is 0 Å². The molecular formula is C17H30N2. The van der Waals surface area contributed by atoms with Crippen molar-refractivity contribution in [2.45, 2.75) is 59.9 Å². The predicted octanol–water partition coefficient (Wildman–Crippen LogP) is 3.83. The maximum absolute atomic E-state index is 5.71. The maximum atomic E-state index is 5.71. The lowest BCUT2D eigenvalue weighted by molar-refractivity contribution is 0.274. The van der Waals surface area contributed by atoms with Gasteiger partial charge in [0.05, 0.1) is 0 Å². The van der Waals surface area contributed by atoms with Crippen LogP contribution in [0, 0.1) is 18.3 Å². The van der Waals surface area contributed by atoms with Crippen LogP contribution in [0.4, 0.5) is 0 Å². The second-order valence-electron chi connectivity index (χ2n) is 7.16. The van der Waals surface area contributed by atoms with Crippen molar-refractivity contribution in [3.05, 3.63) is 35.4 Å². The fraction of sp³-hybridized carbons (Fsp3) is 0.647. The molecule has 1 aromatic carbocycles. The van der Waals surface area contributed by atoms with E-state index in [0.717, 1.165) is 12.8 Å². The van der Waals surface area contributed by atoms with Gasteiger partial charge in [0.25, 0.3) is 0 Å². The first-order valence-electron chi connectivity index (χ1n) is 7.32. The Balaban J connectivity index is 2.51. The van der Waals surface area contributed by atoms with E-state index < -0.39 is 0 Å². The number of nitrogens with two attached hydrogens (primary N) is 1. The lowest BCUT2D eigenvalue weighted by Gasteiger charge is -2.26. The Morgan fingerprint density at radius 1 is 1.16 bits per heavy atom. The van der Waals surface area contributed by atoms with Crippen molar-refractivity contribution in [2.24, 2.45) is 17.2 Å². The van der Waals surface area contributed by atoms with Crippen LogP contribution in [0.25, 0.3) is 0 Å². The van der Waals surface area contributed by atoms with Gasteiger partial charge in [0.2, 0.25) is 0 Å². The summed E-state index contributed by atoms with van der Waals surface area (Å²) in [6.45, 7) is 11.3. The number of hydrazine groups is 1. The summed E-state index contributed by atoms with van der Waals surface area (Å²) in [6.07, 6.45) is 3.37. The van der Waals surface area contributed by atoms with Crippen LogP contribution in [-0.4, -0.2) is 6.04 Å². The Hall–Kier alpha value is -0.860. The maximum Gasteiger partial charge on any atom is 0.0253 e. The molecule has 2 unspecified atom stereocenters. The van der Waals surface area contributed by atoms with Crippen LogP contribution in [0.3, 0.4) is 0 Å². The number of nitrogens with one attached hydrogen (secondary N) is 1. The van der Waals surface area contributed by atoms with E-state index in [0.29, 0.717) is 17.4 Å². The standard InChI is InChI=1S/C17H30N2/c1-13-6-8-15(9-7-13)11-16(19-18)10-14(2)12-17(3,4)5/h6-9,14,16,19H,10-12,18H2,1-5H3. The van der Waals surface area contributed by atoms with Gasteiger partial charge >= 0.3 is 0 Å². The lowest BCUT2D eigenvalue weighted by atomic mass is 9.82. The van der Waals surface area contributed by atoms with E-state index in [-0.39, 0.29) is 0 Å². The van der Waals surface area contributed by atoms with E-state index >= 15 is 0 Å². The van der Waals surface area contributed by atoms with E-state index in [9.17, 15) is 0 Å². The van der Waals surface area contributed by atoms with Gasteiger partial charge in [-0.1, -0.05) is 57.5 Å².